The van der Waals surface area contributed by atoms with Gasteiger partial charge in [0.15, 0.2) is 0 Å². The lowest BCUT2D eigenvalue weighted by Crippen LogP contribution is -2.58. The first kappa shape index (κ1) is 26.0. The lowest BCUT2D eigenvalue weighted by atomic mass is 10.5. The van der Waals surface area contributed by atoms with E-state index in [0.29, 0.717) is 31.4 Å². The van der Waals surface area contributed by atoms with Crippen molar-refractivity contribution in [3.05, 3.63) is 0 Å². The van der Waals surface area contributed by atoms with E-state index in [1.54, 1.807) is 21.3 Å². The molecular weight excluding hydrogens is 465 g/mol. The van der Waals surface area contributed by atoms with E-state index in [1.165, 1.54) is 0 Å². The van der Waals surface area contributed by atoms with Crippen LogP contribution in [-0.2, 0) is 39.2 Å². The van der Waals surface area contributed by atoms with Gasteiger partial charge in [0.2, 0.25) is 0 Å². The van der Waals surface area contributed by atoms with E-state index < -0.39 is 44.5 Å². The fourth-order valence-corrected chi connectivity index (χ4v) is 21.8. The third-order valence-electron chi connectivity index (χ3n) is 4.88. The Bertz CT molecular complexity index is 473. The molecule has 0 saturated carbocycles. The largest absolute Gasteiger partial charge is 0.500 e. The second-order valence-corrected chi connectivity index (χ2v) is 21.4. The van der Waals surface area contributed by atoms with Gasteiger partial charge in [-0.2, -0.15) is 0 Å². The van der Waals surface area contributed by atoms with Crippen molar-refractivity contribution < 1.29 is 39.2 Å². The third kappa shape index (κ3) is 8.64. The van der Waals surface area contributed by atoms with Crippen molar-refractivity contribution in [1.82, 2.24) is 0 Å². The molecule has 29 heavy (non-hydrogen) atoms. The fraction of sp³-hybridized carbons (Fsp3) is 1.00. The Kier molecular flexibility index (Phi) is 10.3. The van der Waals surface area contributed by atoms with Crippen LogP contribution in [0.5, 0.6) is 0 Å². The highest BCUT2D eigenvalue weighted by molar-refractivity contribution is 6.85. The zero-order chi connectivity index (χ0) is 21.5. The summed E-state index contributed by atoms with van der Waals surface area (Å²) in [6, 6.07) is 2.21. The lowest BCUT2D eigenvalue weighted by Gasteiger charge is -2.41. The average Bonchev–Trinajstić information content (AvgIpc) is 3.46. The molecular formula is C15H36O9Si5. The summed E-state index contributed by atoms with van der Waals surface area (Å²) in [5.74, 6) is 0. The summed E-state index contributed by atoms with van der Waals surface area (Å²) in [6.45, 7) is 10.4. The summed E-state index contributed by atoms with van der Waals surface area (Å²) >= 11 is 0. The van der Waals surface area contributed by atoms with E-state index in [0.717, 1.165) is 19.1 Å². The predicted octanol–water partition coefficient (Wildman–Crippen LogP) is 2.13. The Labute approximate surface area is 181 Å². The Morgan fingerprint density at radius 1 is 0.897 bits per heavy atom. The van der Waals surface area contributed by atoms with Gasteiger partial charge < -0.3 is 39.2 Å². The van der Waals surface area contributed by atoms with Gasteiger partial charge >= 0.3 is 44.5 Å². The van der Waals surface area contributed by atoms with Crippen LogP contribution in [0.4, 0.5) is 0 Å². The SMILES string of the molecule is CO[Si](CC[Si]1(C)O[Si](C)O[Si](C)(CCCOCC2CO2)O[Si](C)O1)(OC)OC. The summed E-state index contributed by atoms with van der Waals surface area (Å²) in [5.41, 5.74) is 0. The molecule has 14 heteroatoms. The van der Waals surface area contributed by atoms with E-state index in [-0.39, 0.29) is 0 Å². The number of epoxide rings is 1. The molecule has 9 nitrogen and oxygen atoms in total. The quantitative estimate of drug-likeness (QED) is 0.227. The Balaban J connectivity index is 1.88. The van der Waals surface area contributed by atoms with Crippen LogP contribution in [0.3, 0.4) is 0 Å². The van der Waals surface area contributed by atoms with Crippen LogP contribution >= 0.6 is 0 Å². The molecule has 2 saturated heterocycles. The molecule has 0 aromatic heterocycles. The molecule has 2 aliphatic rings. The zero-order valence-corrected chi connectivity index (χ0v) is 23.7. The van der Waals surface area contributed by atoms with Gasteiger partial charge in [-0.1, -0.05) is 0 Å². The van der Waals surface area contributed by atoms with Crippen molar-refractivity contribution in [3.63, 3.8) is 0 Å². The highest BCUT2D eigenvalue weighted by atomic mass is 28.5. The number of rotatable bonds is 12. The van der Waals surface area contributed by atoms with Crippen LogP contribution in [0.25, 0.3) is 0 Å². The average molecular weight is 501 g/mol. The van der Waals surface area contributed by atoms with E-state index in [9.17, 15) is 0 Å². The molecule has 2 heterocycles. The highest BCUT2D eigenvalue weighted by Crippen LogP contribution is 2.30. The van der Waals surface area contributed by atoms with E-state index >= 15 is 0 Å². The van der Waals surface area contributed by atoms with Crippen molar-refractivity contribution in [1.29, 1.82) is 0 Å². The zero-order valence-electron chi connectivity index (χ0n) is 18.7. The summed E-state index contributed by atoms with van der Waals surface area (Å²) in [7, 11) is -5.66. The van der Waals surface area contributed by atoms with Crippen molar-refractivity contribution in [3.8, 4) is 0 Å². The monoisotopic (exact) mass is 500 g/mol. The van der Waals surface area contributed by atoms with Gasteiger partial charge in [0.1, 0.15) is 6.10 Å². The second-order valence-electron chi connectivity index (χ2n) is 7.59. The third-order valence-corrected chi connectivity index (χ3v) is 22.0. The van der Waals surface area contributed by atoms with Gasteiger partial charge in [0.05, 0.1) is 13.2 Å². The van der Waals surface area contributed by atoms with Crippen molar-refractivity contribution >= 4 is 44.5 Å². The maximum Gasteiger partial charge on any atom is 0.500 e. The molecule has 0 spiro atoms. The van der Waals surface area contributed by atoms with Crippen LogP contribution in [-0.4, -0.2) is 91.7 Å². The maximum absolute atomic E-state index is 6.43. The van der Waals surface area contributed by atoms with Gasteiger partial charge in [-0.25, -0.2) is 0 Å². The Morgan fingerprint density at radius 2 is 1.38 bits per heavy atom. The molecule has 2 rings (SSSR count). The summed E-state index contributed by atoms with van der Waals surface area (Å²) in [4.78, 5) is 0. The lowest BCUT2D eigenvalue weighted by molar-refractivity contribution is 0.115. The number of ether oxygens (including phenoxy) is 2. The first-order chi connectivity index (χ1) is 13.7. The minimum Gasteiger partial charge on any atom is -0.415 e. The van der Waals surface area contributed by atoms with Crippen LogP contribution in [0.1, 0.15) is 6.42 Å². The number of hydrogen-bond acceptors (Lipinski definition) is 9. The molecule has 1 unspecified atom stereocenters. The van der Waals surface area contributed by atoms with Crippen LogP contribution in [0, 0.1) is 0 Å². The smallest absolute Gasteiger partial charge is 0.415 e. The first-order valence-corrected chi connectivity index (χ1v) is 20.6. The molecule has 0 amide bonds. The fourth-order valence-electron chi connectivity index (χ4n) is 3.31. The Hall–Kier alpha value is 0.724. The molecule has 0 N–H and O–H groups in total. The summed E-state index contributed by atoms with van der Waals surface area (Å²) < 4.78 is 53.1. The molecule has 2 radical (unpaired) electrons. The molecule has 2 aliphatic heterocycles. The van der Waals surface area contributed by atoms with Crippen LogP contribution in [0.2, 0.25) is 44.3 Å². The molecule has 2 fully saturated rings. The van der Waals surface area contributed by atoms with Gasteiger partial charge in [-0.3, -0.25) is 0 Å². The first-order valence-electron chi connectivity index (χ1n) is 9.95. The highest BCUT2D eigenvalue weighted by Gasteiger charge is 2.49. The van der Waals surface area contributed by atoms with Crippen molar-refractivity contribution in [2.45, 2.75) is 56.8 Å². The minimum absolute atomic E-state index is 0.299. The van der Waals surface area contributed by atoms with Gasteiger partial charge in [-0.15, -0.1) is 0 Å². The topological polar surface area (TPSA) is 86.4 Å². The van der Waals surface area contributed by atoms with E-state index in [4.69, 9.17) is 39.2 Å². The van der Waals surface area contributed by atoms with Crippen LogP contribution in [0.15, 0.2) is 0 Å². The molecule has 0 aliphatic carbocycles. The van der Waals surface area contributed by atoms with E-state index in [1.807, 2.05) is 13.1 Å². The minimum atomic E-state index is -2.68. The standard InChI is InChI=1S/C15H36O9Si5/c1-16-29(17-2,18-3)12-11-28(7)23-25(4)21-27(6,22-26(5)24-28)10-8-9-19-13-15-14-20-15/h15H,8-14H2,1-7H3. The maximum atomic E-state index is 6.43. The summed E-state index contributed by atoms with van der Waals surface area (Å²) in [5, 5.41) is 0. The second kappa shape index (κ2) is 11.5. The normalized spacial score (nSPS) is 32.2. The molecule has 170 valence electrons. The van der Waals surface area contributed by atoms with Gasteiger partial charge in [0, 0.05) is 34.0 Å². The predicted molar refractivity (Wildman–Crippen MR) is 117 cm³/mol. The van der Waals surface area contributed by atoms with Crippen molar-refractivity contribution in [2.75, 3.05) is 41.2 Å². The van der Waals surface area contributed by atoms with Crippen LogP contribution < -0.4 is 0 Å². The number of hydrogen-bond donors (Lipinski definition) is 0. The Morgan fingerprint density at radius 3 is 1.83 bits per heavy atom. The molecule has 0 bridgehead atoms. The molecule has 1 atom stereocenters. The van der Waals surface area contributed by atoms with Gasteiger partial charge in [-0.05, 0) is 44.7 Å². The van der Waals surface area contributed by atoms with Gasteiger partial charge in [0.25, 0.3) is 0 Å². The summed E-state index contributed by atoms with van der Waals surface area (Å²) in [6.07, 6.45) is 1.20. The molecule has 0 aromatic rings. The van der Waals surface area contributed by atoms with E-state index in [2.05, 4.69) is 13.1 Å². The molecule has 0 aromatic carbocycles. The van der Waals surface area contributed by atoms with Crippen molar-refractivity contribution in [2.24, 2.45) is 0 Å².